The average Bonchev–Trinajstić information content (AvgIpc) is 2.44. The van der Waals surface area contributed by atoms with Crippen LogP contribution in [0.4, 0.5) is 0 Å². The summed E-state index contributed by atoms with van der Waals surface area (Å²) in [5.41, 5.74) is 2.48. The normalized spacial score (nSPS) is 22.5. The zero-order chi connectivity index (χ0) is 10.7. The van der Waals surface area contributed by atoms with E-state index in [0.717, 1.165) is 19.3 Å². The van der Waals surface area contributed by atoms with Gasteiger partial charge in [-0.05, 0) is 25.3 Å². The minimum atomic E-state index is 0.174. The standard InChI is InChI=1S/C14H18O/c1-11-7-9-12(10-8-11)13-5-3-2-4-6-14(13)15/h7-10,13H,2-6H2,1H3/t13-/m0/s1. The molecule has 1 aliphatic carbocycles. The van der Waals surface area contributed by atoms with E-state index in [-0.39, 0.29) is 5.92 Å². The molecule has 1 saturated carbocycles. The van der Waals surface area contributed by atoms with Crippen molar-refractivity contribution in [2.45, 2.75) is 44.9 Å². The lowest BCUT2D eigenvalue weighted by molar-refractivity contribution is -0.120. The quantitative estimate of drug-likeness (QED) is 0.636. The second kappa shape index (κ2) is 4.61. The van der Waals surface area contributed by atoms with E-state index >= 15 is 0 Å². The molecule has 1 atom stereocenters. The summed E-state index contributed by atoms with van der Waals surface area (Å²) in [6, 6.07) is 8.44. The fourth-order valence-corrected chi connectivity index (χ4v) is 2.31. The number of hydrogen-bond donors (Lipinski definition) is 0. The maximum Gasteiger partial charge on any atom is 0.140 e. The lowest BCUT2D eigenvalue weighted by Gasteiger charge is -2.13. The monoisotopic (exact) mass is 202 g/mol. The zero-order valence-corrected chi connectivity index (χ0v) is 9.33. The number of Topliss-reactive ketones (excluding diaryl/α,β-unsaturated/α-hetero) is 1. The molecular weight excluding hydrogens is 184 g/mol. The summed E-state index contributed by atoms with van der Waals surface area (Å²) >= 11 is 0. The molecule has 15 heavy (non-hydrogen) atoms. The van der Waals surface area contributed by atoms with Gasteiger partial charge >= 0.3 is 0 Å². The Morgan fingerprint density at radius 1 is 1.07 bits per heavy atom. The van der Waals surface area contributed by atoms with Crippen molar-refractivity contribution in [1.29, 1.82) is 0 Å². The second-order valence-corrected chi connectivity index (χ2v) is 4.53. The van der Waals surface area contributed by atoms with E-state index in [1.165, 1.54) is 24.0 Å². The third-order valence-corrected chi connectivity index (χ3v) is 3.28. The molecule has 0 saturated heterocycles. The van der Waals surface area contributed by atoms with Gasteiger partial charge in [0, 0.05) is 12.3 Å². The molecule has 1 aliphatic rings. The highest BCUT2D eigenvalue weighted by Gasteiger charge is 2.21. The van der Waals surface area contributed by atoms with Gasteiger partial charge in [-0.3, -0.25) is 4.79 Å². The van der Waals surface area contributed by atoms with Gasteiger partial charge in [0.25, 0.3) is 0 Å². The number of rotatable bonds is 1. The van der Waals surface area contributed by atoms with Crippen molar-refractivity contribution >= 4 is 5.78 Å². The van der Waals surface area contributed by atoms with Crippen LogP contribution in [0, 0.1) is 6.92 Å². The van der Waals surface area contributed by atoms with Crippen molar-refractivity contribution in [1.82, 2.24) is 0 Å². The fraction of sp³-hybridized carbons (Fsp3) is 0.500. The summed E-state index contributed by atoms with van der Waals surface area (Å²) in [5.74, 6) is 0.615. The second-order valence-electron chi connectivity index (χ2n) is 4.53. The van der Waals surface area contributed by atoms with E-state index in [4.69, 9.17) is 0 Å². The molecule has 1 nitrogen and oxygen atoms in total. The Labute approximate surface area is 91.5 Å². The van der Waals surface area contributed by atoms with E-state index in [1.54, 1.807) is 0 Å². The number of ketones is 1. The first-order valence-corrected chi connectivity index (χ1v) is 5.86. The first-order valence-electron chi connectivity index (χ1n) is 5.86. The van der Waals surface area contributed by atoms with E-state index in [9.17, 15) is 4.79 Å². The molecule has 0 spiro atoms. The van der Waals surface area contributed by atoms with Crippen LogP contribution in [0.5, 0.6) is 0 Å². The van der Waals surface area contributed by atoms with E-state index in [2.05, 4.69) is 31.2 Å². The van der Waals surface area contributed by atoms with Crippen molar-refractivity contribution < 1.29 is 4.79 Å². The molecule has 0 aromatic heterocycles. The van der Waals surface area contributed by atoms with Crippen LogP contribution in [0.25, 0.3) is 0 Å². The molecule has 0 unspecified atom stereocenters. The van der Waals surface area contributed by atoms with Gasteiger partial charge in [0.2, 0.25) is 0 Å². The van der Waals surface area contributed by atoms with E-state index in [1.807, 2.05) is 0 Å². The maximum atomic E-state index is 11.9. The molecule has 2 rings (SSSR count). The highest BCUT2D eigenvalue weighted by Crippen LogP contribution is 2.28. The Kier molecular flexibility index (Phi) is 3.20. The van der Waals surface area contributed by atoms with E-state index in [0.29, 0.717) is 5.78 Å². The Bertz CT molecular complexity index is 337. The van der Waals surface area contributed by atoms with Crippen LogP contribution in [-0.4, -0.2) is 5.78 Å². The van der Waals surface area contributed by atoms with Crippen LogP contribution in [0.1, 0.15) is 49.1 Å². The summed E-state index contributed by atoms with van der Waals surface area (Å²) in [6.45, 7) is 2.08. The predicted octanol–water partition coefficient (Wildman–Crippen LogP) is 3.61. The fourth-order valence-electron chi connectivity index (χ4n) is 2.31. The number of carbonyl (C=O) groups excluding carboxylic acids is 1. The van der Waals surface area contributed by atoms with Gasteiger partial charge in [0.1, 0.15) is 5.78 Å². The van der Waals surface area contributed by atoms with Gasteiger partial charge in [-0.25, -0.2) is 0 Å². The lowest BCUT2D eigenvalue weighted by atomic mass is 9.90. The zero-order valence-electron chi connectivity index (χ0n) is 9.33. The molecular formula is C14H18O. The predicted molar refractivity (Wildman–Crippen MR) is 62.0 cm³/mol. The summed E-state index contributed by atoms with van der Waals surface area (Å²) in [5, 5.41) is 0. The van der Waals surface area contributed by atoms with Crippen molar-refractivity contribution in [2.75, 3.05) is 0 Å². The topological polar surface area (TPSA) is 17.1 Å². The third kappa shape index (κ3) is 2.47. The maximum absolute atomic E-state index is 11.9. The highest BCUT2D eigenvalue weighted by molar-refractivity contribution is 5.85. The van der Waals surface area contributed by atoms with Crippen molar-refractivity contribution in [3.8, 4) is 0 Å². The average molecular weight is 202 g/mol. The minimum Gasteiger partial charge on any atom is -0.299 e. The first kappa shape index (κ1) is 10.4. The van der Waals surface area contributed by atoms with Crippen LogP contribution < -0.4 is 0 Å². The molecule has 0 N–H and O–H groups in total. The van der Waals surface area contributed by atoms with Crippen LogP contribution in [0.15, 0.2) is 24.3 Å². The van der Waals surface area contributed by atoms with Crippen molar-refractivity contribution in [3.63, 3.8) is 0 Å². The number of benzene rings is 1. The van der Waals surface area contributed by atoms with Crippen LogP contribution in [-0.2, 0) is 4.79 Å². The molecule has 0 radical (unpaired) electrons. The van der Waals surface area contributed by atoms with Gasteiger partial charge in [0.15, 0.2) is 0 Å². The largest absolute Gasteiger partial charge is 0.299 e. The minimum absolute atomic E-state index is 0.174. The van der Waals surface area contributed by atoms with Crippen LogP contribution in [0.3, 0.4) is 0 Å². The molecule has 0 amide bonds. The summed E-state index contributed by atoms with van der Waals surface area (Å²) in [6.07, 6.45) is 5.32. The van der Waals surface area contributed by atoms with Crippen LogP contribution in [0.2, 0.25) is 0 Å². The number of carbonyl (C=O) groups is 1. The molecule has 0 heterocycles. The number of hydrogen-bond acceptors (Lipinski definition) is 1. The van der Waals surface area contributed by atoms with Crippen molar-refractivity contribution in [2.24, 2.45) is 0 Å². The summed E-state index contributed by atoms with van der Waals surface area (Å²) < 4.78 is 0. The molecule has 0 aliphatic heterocycles. The molecule has 1 heteroatoms. The van der Waals surface area contributed by atoms with Crippen LogP contribution >= 0.6 is 0 Å². The molecule has 80 valence electrons. The van der Waals surface area contributed by atoms with Gasteiger partial charge < -0.3 is 0 Å². The lowest BCUT2D eigenvalue weighted by Crippen LogP contribution is -2.10. The SMILES string of the molecule is Cc1ccc([C@@H]2CCCCCC2=O)cc1. The molecule has 1 aromatic rings. The van der Waals surface area contributed by atoms with Gasteiger partial charge in [0.05, 0.1) is 0 Å². The van der Waals surface area contributed by atoms with Gasteiger partial charge in [-0.15, -0.1) is 0 Å². The molecule has 1 fully saturated rings. The molecule has 0 bridgehead atoms. The first-order chi connectivity index (χ1) is 7.27. The summed E-state index contributed by atoms with van der Waals surface area (Å²) in [4.78, 5) is 11.9. The van der Waals surface area contributed by atoms with Crippen molar-refractivity contribution in [3.05, 3.63) is 35.4 Å². The Morgan fingerprint density at radius 2 is 1.80 bits per heavy atom. The Hall–Kier alpha value is -1.11. The Morgan fingerprint density at radius 3 is 2.53 bits per heavy atom. The van der Waals surface area contributed by atoms with Gasteiger partial charge in [-0.1, -0.05) is 42.7 Å². The number of aryl methyl sites for hydroxylation is 1. The smallest absolute Gasteiger partial charge is 0.140 e. The third-order valence-electron chi connectivity index (χ3n) is 3.28. The summed E-state index contributed by atoms with van der Waals surface area (Å²) in [7, 11) is 0. The van der Waals surface area contributed by atoms with Gasteiger partial charge in [-0.2, -0.15) is 0 Å². The van der Waals surface area contributed by atoms with E-state index < -0.39 is 0 Å². The highest BCUT2D eigenvalue weighted by atomic mass is 16.1. The molecule has 1 aromatic carbocycles. The Balaban J connectivity index is 2.20.